The molecule has 1 aromatic carbocycles. The first-order valence-electron chi connectivity index (χ1n) is 14.7. The fourth-order valence-electron chi connectivity index (χ4n) is 4.37. The predicted octanol–water partition coefficient (Wildman–Crippen LogP) is 2.00. The zero-order valence-electron chi connectivity index (χ0n) is 25.4. The molecule has 1 saturated heterocycles. The summed E-state index contributed by atoms with van der Waals surface area (Å²) in [5.41, 5.74) is 0.982. The van der Waals surface area contributed by atoms with Crippen molar-refractivity contribution in [2.75, 3.05) is 40.0 Å². The lowest BCUT2D eigenvalue weighted by molar-refractivity contribution is -0.130. The van der Waals surface area contributed by atoms with Gasteiger partial charge in [-0.05, 0) is 37.9 Å². The first-order chi connectivity index (χ1) is 20.7. The van der Waals surface area contributed by atoms with Crippen molar-refractivity contribution in [2.45, 2.75) is 58.7 Å². The number of likely N-dealkylation sites (tertiary alicyclic amines) is 1. The Bertz CT molecular complexity index is 1240. The molecule has 1 aromatic heterocycles. The predicted molar refractivity (Wildman–Crippen MR) is 159 cm³/mol. The van der Waals surface area contributed by atoms with E-state index in [0.717, 1.165) is 25.1 Å². The summed E-state index contributed by atoms with van der Waals surface area (Å²) in [6.45, 7) is 8.67. The van der Waals surface area contributed by atoms with Crippen molar-refractivity contribution in [3.8, 4) is 0 Å². The van der Waals surface area contributed by atoms with Gasteiger partial charge in [0.1, 0.15) is 12.1 Å². The van der Waals surface area contributed by atoms with Crippen molar-refractivity contribution >= 4 is 23.5 Å². The average Bonchev–Trinajstić information content (AvgIpc) is 3.43. The van der Waals surface area contributed by atoms with Crippen molar-refractivity contribution in [1.29, 1.82) is 0 Å². The van der Waals surface area contributed by atoms with Crippen LogP contribution in [0.1, 0.15) is 55.4 Å². The fourth-order valence-corrected chi connectivity index (χ4v) is 4.37. The molecule has 0 aliphatic carbocycles. The van der Waals surface area contributed by atoms with Crippen molar-refractivity contribution < 1.29 is 33.2 Å². The SMILES string of the molecule is CCOCCC(=O)/C(=C\C(C)C)NC(=O)[C@H](Cc1ccccc1)NC(=O)C(COC)NC(=O)c1cc(CN2CCC2)on1. The standard InChI is InChI=1S/C31H43N5O7/c1-5-42-15-12-28(37)24(16-21(2)3)32-29(38)25(17-22-10-7-6-8-11-22)33-31(40)27(20-41-4)34-30(39)26-18-23(43-35-26)19-36-13-9-14-36/h6-8,10-11,16,18,21,25,27H,5,9,12-15,17,19-20H2,1-4H3,(H,32,38)(H,33,40)(H,34,39)/b24-16+/t25-,27?/m0/s1. The molecule has 1 unspecified atom stereocenters. The highest BCUT2D eigenvalue weighted by molar-refractivity contribution is 6.01. The van der Waals surface area contributed by atoms with Crippen molar-refractivity contribution in [2.24, 2.45) is 5.92 Å². The van der Waals surface area contributed by atoms with Crippen LogP contribution in [-0.4, -0.2) is 85.7 Å². The highest BCUT2D eigenvalue weighted by Crippen LogP contribution is 2.13. The maximum atomic E-state index is 13.6. The smallest absolute Gasteiger partial charge is 0.274 e. The number of aromatic nitrogens is 1. The Morgan fingerprint density at radius 2 is 1.81 bits per heavy atom. The molecule has 2 atom stereocenters. The lowest BCUT2D eigenvalue weighted by Crippen LogP contribution is -2.56. The molecule has 2 heterocycles. The Morgan fingerprint density at radius 3 is 2.44 bits per heavy atom. The van der Waals surface area contributed by atoms with E-state index in [1.54, 1.807) is 12.1 Å². The first-order valence-corrected chi connectivity index (χ1v) is 14.7. The number of Topliss-reactive ketones (excluding diaryl/α,β-unsaturated/α-hetero) is 1. The number of nitrogens with zero attached hydrogens (tertiary/aromatic N) is 2. The van der Waals surface area contributed by atoms with Gasteiger partial charge in [0.25, 0.3) is 5.91 Å². The van der Waals surface area contributed by atoms with Crippen molar-refractivity contribution in [3.63, 3.8) is 0 Å². The fraction of sp³-hybridized carbons (Fsp3) is 0.516. The summed E-state index contributed by atoms with van der Waals surface area (Å²) in [6, 6.07) is 8.54. The number of hydrogen-bond acceptors (Lipinski definition) is 9. The topological polar surface area (TPSA) is 152 Å². The number of benzene rings is 1. The van der Waals surface area contributed by atoms with Crippen LogP contribution in [0.5, 0.6) is 0 Å². The second-order valence-electron chi connectivity index (χ2n) is 10.7. The summed E-state index contributed by atoms with van der Waals surface area (Å²) >= 11 is 0. The van der Waals surface area contributed by atoms with E-state index in [0.29, 0.717) is 18.9 Å². The molecular weight excluding hydrogens is 554 g/mol. The number of nitrogens with one attached hydrogen (secondary N) is 3. The van der Waals surface area contributed by atoms with Gasteiger partial charge < -0.3 is 29.9 Å². The molecule has 0 bridgehead atoms. The molecule has 0 radical (unpaired) electrons. The van der Waals surface area contributed by atoms with E-state index < -0.39 is 29.8 Å². The van der Waals surface area contributed by atoms with Gasteiger partial charge in [-0.25, -0.2) is 0 Å². The van der Waals surface area contributed by atoms with Crippen LogP contribution >= 0.6 is 0 Å². The van der Waals surface area contributed by atoms with Crippen LogP contribution in [0.4, 0.5) is 0 Å². The van der Waals surface area contributed by atoms with E-state index in [-0.39, 0.29) is 49.1 Å². The molecule has 0 spiro atoms. The summed E-state index contributed by atoms with van der Waals surface area (Å²) in [4.78, 5) is 55.0. The minimum absolute atomic E-state index is 0.0160. The van der Waals surface area contributed by atoms with Gasteiger partial charge in [0.05, 0.1) is 25.5 Å². The largest absolute Gasteiger partial charge is 0.382 e. The van der Waals surface area contributed by atoms with Crippen LogP contribution in [0, 0.1) is 5.92 Å². The second kappa shape index (κ2) is 17.3. The Labute approximate surface area is 252 Å². The monoisotopic (exact) mass is 597 g/mol. The molecule has 2 aromatic rings. The zero-order valence-corrected chi connectivity index (χ0v) is 25.4. The maximum Gasteiger partial charge on any atom is 0.274 e. The Balaban J connectivity index is 1.74. The molecule has 12 heteroatoms. The van der Waals surface area contributed by atoms with Gasteiger partial charge >= 0.3 is 0 Å². The second-order valence-corrected chi connectivity index (χ2v) is 10.7. The molecule has 1 fully saturated rings. The van der Waals surface area contributed by atoms with Gasteiger partial charge in [-0.1, -0.05) is 55.4 Å². The van der Waals surface area contributed by atoms with E-state index in [4.69, 9.17) is 14.0 Å². The molecule has 1 aliphatic heterocycles. The highest BCUT2D eigenvalue weighted by Gasteiger charge is 2.29. The summed E-state index contributed by atoms with van der Waals surface area (Å²) in [5.74, 6) is -1.54. The lowest BCUT2D eigenvalue weighted by Gasteiger charge is -2.29. The van der Waals surface area contributed by atoms with E-state index in [1.165, 1.54) is 7.11 Å². The summed E-state index contributed by atoms with van der Waals surface area (Å²) in [7, 11) is 1.40. The number of hydrogen-bond donors (Lipinski definition) is 3. The average molecular weight is 598 g/mol. The minimum Gasteiger partial charge on any atom is -0.382 e. The van der Waals surface area contributed by atoms with E-state index >= 15 is 0 Å². The number of carbonyl (C=O) groups is 4. The van der Waals surface area contributed by atoms with Crippen molar-refractivity contribution in [1.82, 2.24) is 26.0 Å². The van der Waals surface area contributed by atoms with Crippen LogP contribution in [0.3, 0.4) is 0 Å². The first kappa shape index (κ1) is 33.6. The Morgan fingerprint density at radius 1 is 1.07 bits per heavy atom. The highest BCUT2D eigenvalue weighted by atomic mass is 16.5. The third-order valence-electron chi connectivity index (χ3n) is 6.73. The van der Waals surface area contributed by atoms with Gasteiger partial charge in [-0.3, -0.25) is 24.1 Å². The van der Waals surface area contributed by atoms with E-state index in [9.17, 15) is 19.2 Å². The van der Waals surface area contributed by atoms with Crippen LogP contribution in [0.15, 0.2) is 52.7 Å². The normalized spacial score (nSPS) is 15.0. The number of carbonyl (C=O) groups excluding carboxylic acids is 4. The Hall–Kier alpha value is -3.87. The van der Waals surface area contributed by atoms with Crippen LogP contribution in [0.25, 0.3) is 0 Å². The number of ether oxygens (including phenoxy) is 2. The third-order valence-corrected chi connectivity index (χ3v) is 6.73. The van der Waals surface area contributed by atoms with Gasteiger partial charge in [-0.15, -0.1) is 0 Å². The van der Waals surface area contributed by atoms with Gasteiger partial charge in [0, 0.05) is 32.6 Å². The van der Waals surface area contributed by atoms with Gasteiger partial charge in [0.2, 0.25) is 11.8 Å². The van der Waals surface area contributed by atoms with E-state index in [2.05, 4.69) is 26.0 Å². The zero-order chi connectivity index (χ0) is 31.2. The van der Waals surface area contributed by atoms with Crippen LogP contribution in [0.2, 0.25) is 0 Å². The quantitative estimate of drug-likeness (QED) is 0.173. The van der Waals surface area contributed by atoms with Crippen LogP contribution in [-0.2, 0) is 36.8 Å². The molecule has 3 rings (SSSR count). The minimum atomic E-state index is -1.13. The molecule has 43 heavy (non-hydrogen) atoms. The Kier molecular flexibility index (Phi) is 13.5. The van der Waals surface area contributed by atoms with Crippen LogP contribution < -0.4 is 16.0 Å². The van der Waals surface area contributed by atoms with Gasteiger partial charge in [0.15, 0.2) is 17.2 Å². The lowest BCUT2D eigenvalue weighted by atomic mass is 10.0. The third kappa shape index (κ3) is 11.0. The number of allylic oxidation sites excluding steroid dienone is 2. The molecular formula is C31H43N5O7. The number of methoxy groups -OCH3 is 1. The number of ketones is 1. The molecule has 234 valence electrons. The maximum absolute atomic E-state index is 13.6. The molecule has 3 N–H and O–H groups in total. The number of rotatable bonds is 18. The van der Waals surface area contributed by atoms with Crippen molar-refractivity contribution in [3.05, 3.63) is 65.2 Å². The molecule has 0 saturated carbocycles. The van der Waals surface area contributed by atoms with E-state index in [1.807, 2.05) is 51.1 Å². The molecule has 3 amide bonds. The van der Waals surface area contributed by atoms with Gasteiger partial charge in [-0.2, -0.15) is 0 Å². The molecule has 1 aliphatic rings. The molecule has 12 nitrogen and oxygen atoms in total. The summed E-state index contributed by atoms with van der Waals surface area (Å²) < 4.78 is 15.8. The summed E-state index contributed by atoms with van der Waals surface area (Å²) in [5, 5.41) is 11.9. The number of amides is 3. The summed E-state index contributed by atoms with van der Waals surface area (Å²) in [6.07, 6.45) is 3.05.